The van der Waals surface area contributed by atoms with Crippen LogP contribution in [0, 0.1) is 0 Å². The van der Waals surface area contributed by atoms with E-state index >= 15 is 0 Å². The molecule has 1 fully saturated rings. The summed E-state index contributed by atoms with van der Waals surface area (Å²) < 4.78 is 23.3. The van der Waals surface area contributed by atoms with Gasteiger partial charge in [-0.15, -0.1) is 0 Å². The Morgan fingerprint density at radius 1 is 1.19 bits per heavy atom. The molecule has 0 aliphatic carbocycles. The van der Waals surface area contributed by atoms with Crippen molar-refractivity contribution in [3.8, 4) is 0 Å². The monoisotopic (exact) mass is 310 g/mol. The molecule has 1 aromatic rings. The van der Waals surface area contributed by atoms with E-state index in [0.29, 0.717) is 18.5 Å². The molecule has 1 amide bonds. The molecule has 1 aliphatic heterocycles. The van der Waals surface area contributed by atoms with Gasteiger partial charge in [-0.25, -0.2) is 8.42 Å². The van der Waals surface area contributed by atoms with Gasteiger partial charge in [0.1, 0.15) is 0 Å². The van der Waals surface area contributed by atoms with Crippen molar-refractivity contribution in [1.82, 2.24) is 4.90 Å². The van der Waals surface area contributed by atoms with Crippen LogP contribution in [0.1, 0.15) is 30.6 Å². The zero-order chi connectivity index (χ0) is 15.5. The molecule has 1 saturated heterocycles. The van der Waals surface area contributed by atoms with E-state index in [1.807, 2.05) is 32.0 Å². The second-order valence-electron chi connectivity index (χ2n) is 5.64. The van der Waals surface area contributed by atoms with Gasteiger partial charge in [0.25, 0.3) is 5.91 Å². The van der Waals surface area contributed by atoms with E-state index in [-0.39, 0.29) is 30.0 Å². The fourth-order valence-electron chi connectivity index (χ4n) is 2.42. The predicted molar refractivity (Wildman–Crippen MR) is 84.4 cm³/mol. The van der Waals surface area contributed by atoms with Crippen molar-refractivity contribution in [1.29, 1.82) is 0 Å². The van der Waals surface area contributed by atoms with Crippen LogP contribution >= 0.6 is 0 Å². The van der Waals surface area contributed by atoms with Gasteiger partial charge in [-0.3, -0.25) is 4.79 Å². The maximum Gasteiger partial charge on any atom is 0.255 e. The lowest BCUT2D eigenvalue weighted by Crippen LogP contribution is -2.34. The Labute approximate surface area is 126 Å². The highest BCUT2D eigenvalue weighted by Gasteiger charge is 2.24. The highest BCUT2D eigenvalue weighted by atomic mass is 32.2. The lowest BCUT2D eigenvalue weighted by Gasteiger charge is -2.22. The first kappa shape index (κ1) is 15.8. The topological polar surface area (TPSA) is 66.5 Å². The van der Waals surface area contributed by atoms with Crippen LogP contribution in [0.4, 0.5) is 5.69 Å². The summed E-state index contributed by atoms with van der Waals surface area (Å²) in [5, 5.41) is 3.26. The number of sulfone groups is 1. The number of nitrogens with zero attached hydrogens (tertiary/aromatic N) is 1. The summed E-state index contributed by atoms with van der Waals surface area (Å²) in [4.78, 5) is 14.3. The summed E-state index contributed by atoms with van der Waals surface area (Å²) >= 11 is 0. The number of rotatable bonds is 3. The third kappa shape index (κ3) is 4.20. The van der Waals surface area contributed by atoms with Gasteiger partial charge in [-0.1, -0.05) is 12.1 Å². The van der Waals surface area contributed by atoms with E-state index in [1.165, 1.54) is 0 Å². The Kier molecular flexibility index (Phi) is 4.88. The number of amides is 1. The van der Waals surface area contributed by atoms with E-state index in [4.69, 9.17) is 0 Å². The summed E-state index contributed by atoms with van der Waals surface area (Å²) in [7, 11) is -3.01. The van der Waals surface area contributed by atoms with Crippen LogP contribution in [0.15, 0.2) is 24.3 Å². The van der Waals surface area contributed by atoms with Crippen LogP contribution in [-0.2, 0) is 9.84 Å². The number of benzene rings is 1. The first-order valence-electron chi connectivity index (χ1n) is 7.24. The fourth-order valence-corrected chi connectivity index (χ4v) is 3.69. The van der Waals surface area contributed by atoms with Crippen LogP contribution < -0.4 is 5.32 Å². The van der Waals surface area contributed by atoms with Crippen molar-refractivity contribution in [3.05, 3.63) is 29.8 Å². The summed E-state index contributed by atoms with van der Waals surface area (Å²) in [6, 6.07) is 7.60. The van der Waals surface area contributed by atoms with Gasteiger partial charge in [0.15, 0.2) is 9.84 Å². The zero-order valence-electron chi connectivity index (χ0n) is 12.5. The van der Waals surface area contributed by atoms with Gasteiger partial charge in [-0.05, 0) is 32.4 Å². The summed E-state index contributed by atoms with van der Waals surface area (Å²) in [5.74, 6) is 0.122. The molecule has 2 rings (SSSR count). The normalized spacial score (nSPS) is 18.3. The Morgan fingerprint density at radius 2 is 1.90 bits per heavy atom. The van der Waals surface area contributed by atoms with E-state index < -0.39 is 9.84 Å². The number of carbonyl (C=O) groups excluding carboxylic acids is 1. The highest BCUT2D eigenvalue weighted by molar-refractivity contribution is 7.91. The molecule has 0 radical (unpaired) electrons. The molecule has 0 bridgehead atoms. The average molecular weight is 310 g/mol. The minimum absolute atomic E-state index is 0.0541. The number of para-hydroxylation sites is 1. The fraction of sp³-hybridized carbons (Fsp3) is 0.533. The van der Waals surface area contributed by atoms with E-state index in [2.05, 4.69) is 5.32 Å². The maximum absolute atomic E-state index is 12.7. The van der Waals surface area contributed by atoms with Gasteiger partial charge in [-0.2, -0.15) is 0 Å². The van der Waals surface area contributed by atoms with Crippen LogP contribution in [0.25, 0.3) is 0 Å². The largest absolute Gasteiger partial charge is 0.382 e. The lowest BCUT2D eigenvalue weighted by molar-refractivity contribution is 0.0769. The third-order valence-corrected chi connectivity index (χ3v) is 5.16. The Balaban J connectivity index is 2.20. The quantitative estimate of drug-likeness (QED) is 0.924. The lowest BCUT2D eigenvalue weighted by atomic mass is 10.1. The summed E-state index contributed by atoms with van der Waals surface area (Å²) in [6.07, 6.45) is 0.508. The van der Waals surface area contributed by atoms with Crippen LogP contribution in [-0.4, -0.2) is 49.9 Å². The maximum atomic E-state index is 12.7. The minimum atomic E-state index is -3.01. The predicted octanol–water partition coefficient (Wildman–Crippen LogP) is 1.77. The van der Waals surface area contributed by atoms with Gasteiger partial charge >= 0.3 is 0 Å². The number of anilines is 1. The second-order valence-corrected chi connectivity index (χ2v) is 7.95. The Hall–Kier alpha value is -1.56. The van der Waals surface area contributed by atoms with Gasteiger partial charge < -0.3 is 10.2 Å². The molecule has 0 spiro atoms. The third-order valence-electron chi connectivity index (χ3n) is 3.44. The van der Waals surface area contributed by atoms with Crippen molar-refractivity contribution >= 4 is 21.4 Å². The molecular formula is C15H22N2O3S. The van der Waals surface area contributed by atoms with E-state index in [0.717, 1.165) is 5.69 Å². The molecule has 1 N–H and O–H groups in total. The van der Waals surface area contributed by atoms with Crippen molar-refractivity contribution < 1.29 is 13.2 Å². The molecule has 1 aromatic carbocycles. The number of hydrogen-bond donors (Lipinski definition) is 1. The molecule has 0 atom stereocenters. The number of hydrogen-bond acceptors (Lipinski definition) is 4. The van der Waals surface area contributed by atoms with Crippen molar-refractivity contribution in [3.63, 3.8) is 0 Å². The molecule has 116 valence electrons. The van der Waals surface area contributed by atoms with Gasteiger partial charge in [0.05, 0.1) is 17.1 Å². The van der Waals surface area contributed by atoms with Gasteiger partial charge in [0, 0.05) is 24.8 Å². The SMILES string of the molecule is CC(C)Nc1ccccc1C(=O)N1CCCS(=O)(=O)CC1. The Bertz CT molecular complexity index is 611. The first-order chi connectivity index (χ1) is 9.89. The molecule has 0 unspecified atom stereocenters. The van der Waals surface area contributed by atoms with E-state index in [9.17, 15) is 13.2 Å². The Morgan fingerprint density at radius 3 is 2.62 bits per heavy atom. The summed E-state index contributed by atoms with van der Waals surface area (Å²) in [6.45, 7) is 4.80. The average Bonchev–Trinajstić information content (AvgIpc) is 2.59. The molecule has 0 saturated carbocycles. The molecule has 1 heterocycles. The highest BCUT2D eigenvalue weighted by Crippen LogP contribution is 2.19. The van der Waals surface area contributed by atoms with Crippen LogP contribution in [0.5, 0.6) is 0 Å². The van der Waals surface area contributed by atoms with Crippen LogP contribution in [0.3, 0.4) is 0 Å². The first-order valence-corrected chi connectivity index (χ1v) is 9.06. The minimum Gasteiger partial charge on any atom is -0.382 e. The van der Waals surface area contributed by atoms with Gasteiger partial charge in [0.2, 0.25) is 0 Å². The molecule has 1 aliphatic rings. The van der Waals surface area contributed by atoms with Crippen LogP contribution in [0.2, 0.25) is 0 Å². The summed E-state index contributed by atoms with van der Waals surface area (Å²) in [5.41, 5.74) is 1.40. The molecule has 5 nitrogen and oxygen atoms in total. The second kappa shape index (κ2) is 6.47. The molecular weight excluding hydrogens is 288 g/mol. The van der Waals surface area contributed by atoms with E-state index in [1.54, 1.807) is 11.0 Å². The van der Waals surface area contributed by atoms with Crippen molar-refractivity contribution in [2.45, 2.75) is 26.3 Å². The molecule has 6 heteroatoms. The smallest absolute Gasteiger partial charge is 0.255 e. The van der Waals surface area contributed by atoms with Crippen molar-refractivity contribution in [2.24, 2.45) is 0 Å². The molecule has 21 heavy (non-hydrogen) atoms. The standard InChI is InChI=1S/C15H22N2O3S/c1-12(2)16-14-7-4-3-6-13(14)15(18)17-8-5-10-21(19,20)11-9-17/h3-4,6-7,12,16H,5,8-11H2,1-2H3. The van der Waals surface area contributed by atoms with Crippen molar-refractivity contribution in [2.75, 3.05) is 29.9 Å². The zero-order valence-corrected chi connectivity index (χ0v) is 13.3. The number of nitrogens with one attached hydrogen (secondary N) is 1. The molecule has 0 aromatic heterocycles. The number of carbonyl (C=O) groups is 1.